The lowest BCUT2D eigenvalue weighted by Gasteiger charge is -2.23. The van der Waals surface area contributed by atoms with Crippen LogP contribution in [0.2, 0.25) is 4.34 Å². The van der Waals surface area contributed by atoms with E-state index in [1.165, 1.54) is 0 Å². The van der Waals surface area contributed by atoms with Crippen LogP contribution < -0.4 is 4.90 Å². The van der Waals surface area contributed by atoms with Crippen molar-refractivity contribution < 1.29 is 4.79 Å². The zero-order valence-electron chi connectivity index (χ0n) is 12.7. The van der Waals surface area contributed by atoms with Crippen molar-refractivity contribution in [2.24, 2.45) is 0 Å². The third kappa shape index (κ3) is 3.40. The molecule has 1 saturated heterocycles. The Balaban J connectivity index is 1.69. The number of halogens is 1. The van der Waals surface area contributed by atoms with Crippen LogP contribution in [0.5, 0.6) is 0 Å². The molecule has 1 amide bonds. The highest BCUT2D eigenvalue weighted by atomic mass is 35.5. The van der Waals surface area contributed by atoms with Gasteiger partial charge >= 0.3 is 0 Å². The summed E-state index contributed by atoms with van der Waals surface area (Å²) in [7, 11) is 1.97. The molecule has 1 aromatic heterocycles. The van der Waals surface area contributed by atoms with Gasteiger partial charge < -0.3 is 4.90 Å². The van der Waals surface area contributed by atoms with Crippen molar-refractivity contribution in [3.8, 4) is 6.07 Å². The van der Waals surface area contributed by atoms with E-state index in [9.17, 15) is 4.79 Å². The van der Waals surface area contributed by atoms with Gasteiger partial charge in [0.25, 0.3) is 0 Å². The molecule has 0 saturated carbocycles. The van der Waals surface area contributed by atoms with Crippen molar-refractivity contribution in [1.82, 2.24) is 4.90 Å². The Labute approximate surface area is 144 Å². The molecular weight excluding hydrogens is 330 g/mol. The number of carbonyl (C=O) groups excluding carboxylic acids is 1. The van der Waals surface area contributed by atoms with Crippen LogP contribution in [0.3, 0.4) is 0 Å². The molecule has 2 heterocycles. The van der Waals surface area contributed by atoms with Gasteiger partial charge in [-0.2, -0.15) is 5.26 Å². The number of thiophene rings is 1. The molecule has 0 aliphatic carbocycles. The van der Waals surface area contributed by atoms with Crippen LogP contribution in [0.25, 0.3) is 0 Å². The Morgan fingerprint density at radius 3 is 2.70 bits per heavy atom. The fourth-order valence-corrected chi connectivity index (χ4v) is 3.99. The lowest BCUT2D eigenvalue weighted by Crippen LogP contribution is -2.39. The van der Waals surface area contributed by atoms with Gasteiger partial charge in [0.1, 0.15) is 0 Å². The van der Waals surface area contributed by atoms with Gasteiger partial charge in [0.2, 0.25) is 5.91 Å². The maximum Gasteiger partial charge on any atom is 0.244 e. The summed E-state index contributed by atoms with van der Waals surface area (Å²) in [5, 5.41) is 8.86. The number of hydrogen-bond donors (Lipinski definition) is 0. The van der Waals surface area contributed by atoms with Crippen LogP contribution >= 0.6 is 22.9 Å². The highest BCUT2D eigenvalue weighted by Gasteiger charge is 2.35. The molecule has 1 unspecified atom stereocenters. The second-order valence-corrected chi connectivity index (χ2v) is 7.37. The zero-order valence-corrected chi connectivity index (χ0v) is 14.3. The Morgan fingerprint density at radius 1 is 1.35 bits per heavy atom. The first kappa shape index (κ1) is 16.0. The molecule has 2 aromatic rings. The van der Waals surface area contributed by atoms with Gasteiger partial charge in [-0.25, -0.2) is 0 Å². The normalized spacial score (nSPS) is 17.7. The van der Waals surface area contributed by atoms with Crippen molar-refractivity contribution in [3.05, 3.63) is 51.2 Å². The molecule has 1 atom stereocenters. The van der Waals surface area contributed by atoms with Gasteiger partial charge in [-0.3, -0.25) is 9.69 Å². The number of benzene rings is 1. The molecule has 1 fully saturated rings. The van der Waals surface area contributed by atoms with Crippen LogP contribution in [-0.2, 0) is 11.3 Å². The molecule has 4 nitrogen and oxygen atoms in total. The molecule has 3 rings (SSSR count). The third-order valence-electron chi connectivity index (χ3n) is 4.05. The van der Waals surface area contributed by atoms with E-state index in [-0.39, 0.29) is 11.9 Å². The summed E-state index contributed by atoms with van der Waals surface area (Å²) in [6, 6.07) is 13.0. The van der Waals surface area contributed by atoms with Crippen LogP contribution in [0.4, 0.5) is 5.69 Å². The largest absolute Gasteiger partial charge is 0.311 e. The van der Waals surface area contributed by atoms with Crippen molar-refractivity contribution in [2.75, 3.05) is 18.5 Å². The second-order valence-electron chi connectivity index (χ2n) is 5.57. The van der Waals surface area contributed by atoms with Crippen LogP contribution in [0, 0.1) is 11.3 Å². The minimum absolute atomic E-state index is 0.111. The molecule has 0 spiro atoms. The van der Waals surface area contributed by atoms with Crippen molar-refractivity contribution in [2.45, 2.75) is 19.0 Å². The standard InChI is InChI=1S/C17H16ClN3OS/c1-20(11-14-6-7-16(18)23-14)15-8-9-21(17(15)22)13-4-2-12(10-19)3-5-13/h2-7,15H,8-9,11H2,1H3. The van der Waals surface area contributed by atoms with Crippen molar-refractivity contribution >= 4 is 34.5 Å². The van der Waals surface area contributed by atoms with E-state index in [1.54, 1.807) is 28.4 Å². The summed E-state index contributed by atoms with van der Waals surface area (Å²) in [5.74, 6) is 0.111. The van der Waals surface area contributed by atoms with E-state index < -0.39 is 0 Å². The molecule has 1 aliphatic rings. The summed E-state index contributed by atoms with van der Waals surface area (Å²) in [6.07, 6.45) is 0.800. The summed E-state index contributed by atoms with van der Waals surface area (Å²) in [5.41, 5.74) is 1.45. The predicted octanol–water partition coefficient (Wildman–Crippen LogP) is 3.51. The lowest BCUT2D eigenvalue weighted by atomic mass is 10.2. The summed E-state index contributed by atoms with van der Waals surface area (Å²) in [6.45, 7) is 1.42. The number of anilines is 1. The smallest absolute Gasteiger partial charge is 0.244 e. The average Bonchev–Trinajstić information content (AvgIpc) is 3.13. The van der Waals surface area contributed by atoms with Gasteiger partial charge in [-0.1, -0.05) is 11.6 Å². The number of likely N-dealkylation sites (N-methyl/N-ethyl adjacent to an activating group) is 1. The fraction of sp³-hybridized carbons (Fsp3) is 0.294. The van der Waals surface area contributed by atoms with E-state index in [1.807, 2.05) is 31.3 Å². The van der Waals surface area contributed by atoms with Crippen LogP contribution in [0.15, 0.2) is 36.4 Å². The first-order chi connectivity index (χ1) is 11.1. The first-order valence-corrected chi connectivity index (χ1v) is 8.54. The van der Waals surface area contributed by atoms with Gasteiger partial charge in [0, 0.05) is 23.7 Å². The van der Waals surface area contributed by atoms with Crippen molar-refractivity contribution in [1.29, 1.82) is 5.26 Å². The second kappa shape index (κ2) is 6.71. The Hall–Kier alpha value is -1.87. The monoisotopic (exact) mass is 345 g/mol. The van der Waals surface area contributed by atoms with Gasteiger partial charge in [-0.15, -0.1) is 11.3 Å². The Bertz CT molecular complexity index is 750. The van der Waals surface area contributed by atoms with Gasteiger partial charge in [0.05, 0.1) is 22.0 Å². The predicted molar refractivity (Wildman–Crippen MR) is 92.7 cm³/mol. The van der Waals surface area contributed by atoms with E-state index in [4.69, 9.17) is 16.9 Å². The molecule has 0 radical (unpaired) electrons. The maximum atomic E-state index is 12.7. The number of hydrogen-bond acceptors (Lipinski definition) is 4. The van der Waals surface area contributed by atoms with E-state index in [0.29, 0.717) is 12.1 Å². The molecule has 23 heavy (non-hydrogen) atoms. The van der Waals surface area contributed by atoms with E-state index in [0.717, 1.165) is 27.9 Å². The molecule has 1 aliphatic heterocycles. The Kier molecular flexibility index (Phi) is 4.67. The lowest BCUT2D eigenvalue weighted by molar-refractivity contribution is -0.121. The maximum absolute atomic E-state index is 12.7. The molecule has 1 aromatic carbocycles. The molecule has 0 N–H and O–H groups in total. The van der Waals surface area contributed by atoms with Gasteiger partial charge in [-0.05, 0) is 49.9 Å². The number of carbonyl (C=O) groups is 1. The summed E-state index contributed by atoms with van der Waals surface area (Å²) >= 11 is 7.51. The highest BCUT2D eigenvalue weighted by Crippen LogP contribution is 2.27. The fourth-order valence-electron chi connectivity index (χ4n) is 2.84. The highest BCUT2D eigenvalue weighted by molar-refractivity contribution is 7.16. The topological polar surface area (TPSA) is 47.3 Å². The zero-order chi connectivity index (χ0) is 16.4. The quantitative estimate of drug-likeness (QED) is 0.852. The first-order valence-electron chi connectivity index (χ1n) is 7.34. The SMILES string of the molecule is CN(Cc1ccc(Cl)s1)C1CCN(c2ccc(C#N)cc2)C1=O. The number of nitrogens with zero attached hydrogens (tertiary/aromatic N) is 3. The molecule has 118 valence electrons. The summed E-state index contributed by atoms with van der Waals surface area (Å²) < 4.78 is 0.769. The number of nitriles is 1. The molecular formula is C17H16ClN3OS. The van der Waals surface area contributed by atoms with Crippen LogP contribution in [0.1, 0.15) is 16.9 Å². The van der Waals surface area contributed by atoms with Crippen LogP contribution in [-0.4, -0.2) is 30.4 Å². The number of rotatable bonds is 4. The Morgan fingerprint density at radius 2 is 2.09 bits per heavy atom. The summed E-state index contributed by atoms with van der Waals surface area (Å²) in [4.78, 5) is 17.7. The van der Waals surface area contributed by atoms with Gasteiger partial charge in [0.15, 0.2) is 0 Å². The van der Waals surface area contributed by atoms with E-state index in [2.05, 4.69) is 11.0 Å². The number of amides is 1. The van der Waals surface area contributed by atoms with Crippen molar-refractivity contribution in [3.63, 3.8) is 0 Å². The molecule has 6 heteroatoms. The minimum atomic E-state index is -0.119. The third-order valence-corrected chi connectivity index (χ3v) is 5.27. The minimum Gasteiger partial charge on any atom is -0.311 e. The molecule has 0 bridgehead atoms. The van der Waals surface area contributed by atoms with E-state index >= 15 is 0 Å². The average molecular weight is 346 g/mol.